The summed E-state index contributed by atoms with van der Waals surface area (Å²) in [6.45, 7) is 2.12. The fourth-order valence-electron chi connectivity index (χ4n) is 5.90. The van der Waals surface area contributed by atoms with Crippen molar-refractivity contribution in [2.45, 2.75) is 6.92 Å². The molecular weight excluding hydrogens is 500 g/mol. The van der Waals surface area contributed by atoms with Crippen molar-refractivity contribution in [3.63, 3.8) is 0 Å². The summed E-state index contributed by atoms with van der Waals surface area (Å²) in [4.78, 5) is 5.19. The number of hydrogen-bond acceptors (Lipinski definition) is 2. The lowest BCUT2D eigenvalue weighted by molar-refractivity contribution is 0.670. The Morgan fingerprint density at radius 1 is 0.561 bits per heavy atom. The molecule has 2 aromatic heterocycles. The number of fused-ring (bicyclic) bond motifs is 4. The average molecular weight is 527 g/mol. The Morgan fingerprint density at radius 2 is 1.29 bits per heavy atom. The first-order valence-electron chi connectivity index (χ1n) is 13.9. The molecule has 0 spiro atoms. The Bertz CT molecular complexity index is 2200. The van der Waals surface area contributed by atoms with Crippen molar-refractivity contribution < 1.29 is 4.42 Å². The second-order valence-corrected chi connectivity index (χ2v) is 10.5. The Labute approximate surface area is 238 Å². The molecule has 0 N–H and O–H groups in total. The Kier molecular flexibility index (Phi) is 5.36. The summed E-state index contributed by atoms with van der Waals surface area (Å²) < 4.78 is 8.68. The van der Waals surface area contributed by atoms with Crippen molar-refractivity contribution in [1.29, 1.82) is 0 Å². The molecule has 0 unspecified atom stereocenters. The van der Waals surface area contributed by atoms with Crippen LogP contribution in [-0.2, 0) is 0 Å². The number of hydrogen-bond donors (Lipinski definition) is 0. The molecule has 0 aliphatic rings. The van der Waals surface area contributed by atoms with Crippen LogP contribution >= 0.6 is 0 Å². The van der Waals surface area contributed by atoms with E-state index in [-0.39, 0.29) is 0 Å². The van der Waals surface area contributed by atoms with Crippen LogP contribution in [0.5, 0.6) is 0 Å². The minimum Gasteiger partial charge on any atom is -0.455 e. The van der Waals surface area contributed by atoms with Crippen LogP contribution in [0.25, 0.3) is 72.3 Å². The van der Waals surface area contributed by atoms with Crippen molar-refractivity contribution >= 4 is 33.0 Å². The molecule has 0 aliphatic carbocycles. The SMILES string of the molecule is Cc1ccc(-c2cc(-c3cccc4c3oc3ccccc34)ccc2-c2nc3ccccc3n2-c2ccccc2)cc1. The van der Waals surface area contributed by atoms with Crippen molar-refractivity contribution in [2.75, 3.05) is 0 Å². The van der Waals surface area contributed by atoms with Crippen LogP contribution in [0.3, 0.4) is 0 Å². The second kappa shape index (κ2) is 9.35. The van der Waals surface area contributed by atoms with Crippen molar-refractivity contribution in [2.24, 2.45) is 0 Å². The topological polar surface area (TPSA) is 31.0 Å². The van der Waals surface area contributed by atoms with E-state index in [1.165, 1.54) is 5.56 Å². The van der Waals surface area contributed by atoms with Crippen LogP contribution in [0.2, 0.25) is 0 Å². The van der Waals surface area contributed by atoms with Crippen molar-refractivity contribution in [3.05, 3.63) is 145 Å². The van der Waals surface area contributed by atoms with Gasteiger partial charge in [-0.15, -0.1) is 0 Å². The highest BCUT2D eigenvalue weighted by atomic mass is 16.3. The molecule has 8 rings (SSSR count). The number of imidazole rings is 1. The third kappa shape index (κ3) is 3.86. The third-order valence-corrected chi connectivity index (χ3v) is 7.91. The van der Waals surface area contributed by atoms with E-state index < -0.39 is 0 Å². The average Bonchev–Trinajstić information content (AvgIpc) is 3.60. The molecule has 2 heterocycles. The van der Waals surface area contributed by atoms with Gasteiger partial charge >= 0.3 is 0 Å². The van der Waals surface area contributed by atoms with Crippen LogP contribution < -0.4 is 0 Å². The van der Waals surface area contributed by atoms with Gasteiger partial charge in [0.1, 0.15) is 17.0 Å². The molecule has 41 heavy (non-hydrogen) atoms. The van der Waals surface area contributed by atoms with E-state index in [1.807, 2.05) is 24.3 Å². The zero-order valence-electron chi connectivity index (χ0n) is 22.6. The first kappa shape index (κ1) is 23.5. The molecule has 3 nitrogen and oxygen atoms in total. The molecule has 0 atom stereocenters. The molecule has 3 heteroatoms. The van der Waals surface area contributed by atoms with Gasteiger partial charge in [-0.3, -0.25) is 4.57 Å². The van der Waals surface area contributed by atoms with Gasteiger partial charge in [0, 0.05) is 27.6 Å². The maximum Gasteiger partial charge on any atom is 0.146 e. The van der Waals surface area contributed by atoms with E-state index in [0.717, 1.165) is 72.3 Å². The van der Waals surface area contributed by atoms with Crippen molar-refractivity contribution in [3.8, 4) is 39.3 Å². The van der Waals surface area contributed by atoms with Crippen LogP contribution in [-0.4, -0.2) is 9.55 Å². The number of nitrogens with zero attached hydrogens (tertiary/aromatic N) is 2. The minimum absolute atomic E-state index is 0.905. The number of benzene rings is 6. The van der Waals surface area contributed by atoms with Crippen molar-refractivity contribution in [1.82, 2.24) is 9.55 Å². The lowest BCUT2D eigenvalue weighted by Gasteiger charge is -2.15. The second-order valence-electron chi connectivity index (χ2n) is 10.5. The fraction of sp³-hybridized carbons (Fsp3) is 0.0263. The van der Waals surface area contributed by atoms with Gasteiger partial charge in [0.05, 0.1) is 11.0 Å². The Balaban J connectivity index is 1.41. The zero-order valence-corrected chi connectivity index (χ0v) is 22.6. The molecule has 0 aliphatic heterocycles. The molecule has 0 saturated carbocycles. The van der Waals surface area contributed by atoms with Crippen LogP contribution in [0, 0.1) is 6.92 Å². The van der Waals surface area contributed by atoms with Gasteiger partial charge in [0.2, 0.25) is 0 Å². The molecular formula is C38H26N2O. The lowest BCUT2D eigenvalue weighted by atomic mass is 9.93. The summed E-state index contributed by atoms with van der Waals surface area (Å²) in [6, 6.07) is 48.9. The molecule has 194 valence electrons. The minimum atomic E-state index is 0.905. The van der Waals surface area contributed by atoms with E-state index in [4.69, 9.17) is 9.40 Å². The molecule has 0 saturated heterocycles. The predicted molar refractivity (Wildman–Crippen MR) is 169 cm³/mol. The van der Waals surface area contributed by atoms with Gasteiger partial charge in [-0.05, 0) is 66.1 Å². The van der Waals surface area contributed by atoms with Gasteiger partial charge in [0.15, 0.2) is 0 Å². The molecule has 6 aromatic carbocycles. The van der Waals surface area contributed by atoms with Gasteiger partial charge < -0.3 is 4.42 Å². The summed E-state index contributed by atoms with van der Waals surface area (Å²) >= 11 is 0. The normalized spacial score (nSPS) is 11.5. The molecule has 0 fully saturated rings. The van der Waals surface area contributed by atoms with E-state index in [0.29, 0.717) is 0 Å². The molecule has 8 aromatic rings. The summed E-state index contributed by atoms with van der Waals surface area (Å²) in [5, 5.41) is 2.27. The Morgan fingerprint density at radius 3 is 2.17 bits per heavy atom. The predicted octanol–water partition coefficient (Wildman–Crippen LogP) is 10.2. The number of aromatic nitrogens is 2. The number of aryl methyl sites for hydroxylation is 1. The first-order valence-corrected chi connectivity index (χ1v) is 13.9. The monoisotopic (exact) mass is 526 g/mol. The highest BCUT2D eigenvalue weighted by Crippen LogP contribution is 2.41. The molecule has 0 amide bonds. The number of rotatable bonds is 4. The smallest absolute Gasteiger partial charge is 0.146 e. The van der Waals surface area contributed by atoms with Gasteiger partial charge in [-0.1, -0.05) is 103 Å². The standard InChI is InChI=1S/C38H26N2O/c1-25-18-20-26(21-19-25)33-24-27(29-13-9-14-31-30-12-5-8-17-36(30)41-37(29)31)22-23-32(33)38-39-34-15-6-7-16-35(34)40(38)28-10-3-2-4-11-28/h2-24H,1H3. The lowest BCUT2D eigenvalue weighted by Crippen LogP contribution is -1.99. The fourth-order valence-corrected chi connectivity index (χ4v) is 5.90. The van der Waals surface area contributed by atoms with E-state index in [1.54, 1.807) is 0 Å². The highest BCUT2D eigenvalue weighted by molar-refractivity contribution is 6.09. The number of furan rings is 1. The van der Waals surface area contributed by atoms with E-state index in [2.05, 4.69) is 127 Å². The maximum absolute atomic E-state index is 6.41. The summed E-state index contributed by atoms with van der Waals surface area (Å²) in [7, 11) is 0. The molecule has 0 bridgehead atoms. The van der Waals surface area contributed by atoms with Gasteiger partial charge in [-0.25, -0.2) is 4.98 Å². The largest absolute Gasteiger partial charge is 0.455 e. The van der Waals surface area contributed by atoms with Crippen LogP contribution in [0.4, 0.5) is 0 Å². The van der Waals surface area contributed by atoms with Crippen LogP contribution in [0.1, 0.15) is 5.56 Å². The third-order valence-electron chi connectivity index (χ3n) is 7.91. The van der Waals surface area contributed by atoms with E-state index >= 15 is 0 Å². The summed E-state index contributed by atoms with van der Waals surface area (Å²) in [6.07, 6.45) is 0. The zero-order chi connectivity index (χ0) is 27.3. The highest BCUT2D eigenvalue weighted by Gasteiger charge is 2.20. The van der Waals surface area contributed by atoms with Gasteiger partial charge in [-0.2, -0.15) is 0 Å². The van der Waals surface area contributed by atoms with Gasteiger partial charge in [0.25, 0.3) is 0 Å². The Hall–Kier alpha value is -5.41. The quantitative estimate of drug-likeness (QED) is 0.228. The maximum atomic E-state index is 6.41. The molecule has 0 radical (unpaired) electrons. The summed E-state index contributed by atoms with van der Waals surface area (Å²) in [5.74, 6) is 0.918. The van der Waals surface area contributed by atoms with E-state index in [9.17, 15) is 0 Å². The first-order chi connectivity index (χ1) is 20.2. The summed E-state index contributed by atoms with van der Waals surface area (Å²) in [5.41, 5.74) is 11.7. The van der Waals surface area contributed by atoms with Crippen LogP contribution in [0.15, 0.2) is 144 Å². The number of para-hydroxylation sites is 5.